The number of ketones is 1. The second-order valence-corrected chi connectivity index (χ2v) is 7.50. The molecule has 0 saturated heterocycles. The van der Waals surface area contributed by atoms with Gasteiger partial charge in [0.2, 0.25) is 0 Å². The molecule has 0 spiro atoms. The van der Waals surface area contributed by atoms with E-state index in [1.165, 1.54) is 6.21 Å². The van der Waals surface area contributed by atoms with E-state index in [0.29, 0.717) is 17.9 Å². The van der Waals surface area contributed by atoms with E-state index in [4.69, 9.17) is 9.47 Å². The zero-order valence-electron chi connectivity index (χ0n) is 17.3. The summed E-state index contributed by atoms with van der Waals surface area (Å²) in [4.78, 5) is 25.6. The zero-order chi connectivity index (χ0) is 21.3. The molecule has 2 rings (SSSR count). The number of hydrogen-bond acceptors (Lipinski definition) is 6. The first-order chi connectivity index (χ1) is 13.8. The van der Waals surface area contributed by atoms with Crippen molar-refractivity contribution >= 4 is 18.0 Å². The Bertz CT molecular complexity index is 841. The highest BCUT2D eigenvalue weighted by molar-refractivity contribution is 6.19. The molecule has 0 aromatic heterocycles. The molecule has 6 heteroatoms. The summed E-state index contributed by atoms with van der Waals surface area (Å²) in [6, 6.07) is 16.5. The fraction of sp³-hybridized carbons (Fsp3) is 0.348. The molecule has 0 bridgehead atoms. The van der Waals surface area contributed by atoms with Crippen molar-refractivity contribution in [3.63, 3.8) is 0 Å². The van der Waals surface area contributed by atoms with Crippen LogP contribution in [0.15, 0.2) is 59.7 Å². The average molecular weight is 396 g/mol. The minimum atomic E-state index is -1.16. The van der Waals surface area contributed by atoms with Gasteiger partial charge in [0.1, 0.15) is 12.4 Å². The second kappa shape index (κ2) is 10.4. The lowest BCUT2D eigenvalue weighted by atomic mass is 9.98. The molecule has 0 saturated carbocycles. The molecular formula is C23H28N2O4. The van der Waals surface area contributed by atoms with Crippen molar-refractivity contribution in [2.45, 2.75) is 39.8 Å². The van der Waals surface area contributed by atoms with Crippen LogP contribution in [-0.4, -0.2) is 30.1 Å². The normalized spacial score (nSPS) is 12.4. The molecule has 0 amide bonds. The molecule has 0 fully saturated rings. The Kier molecular flexibility index (Phi) is 7.95. The van der Waals surface area contributed by atoms with E-state index < -0.39 is 17.7 Å². The highest BCUT2D eigenvalue weighted by Gasteiger charge is 2.29. The van der Waals surface area contributed by atoms with Crippen molar-refractivity contribution in [2.24, 2.45) is 11.0 Å². The van der Waals surface area contributed by atoms with Crippen molar-refractivity contribution in [1.82, 2.24) is 5.43 Å². The van der Waals surface area contributed by atoms with Crippen LogP contribution in [-0.2, 0) is 16.1 Å². The molecule has 2 aromatic rings. The van der Waals surface area contributed by atoms with Crippen molar-refractivity contribution in [3.05, 3.63) is 65.7 Å². The fourth-order valence-corrected chi connectivity index (χ4v) is 2.47. The van der Waals surface area contributed by atoms with Crippen LogP contribution in [0.3, 0.4) is 0 Å². The van der Waals surface area contributed by atoms with E-state index in [1.54, 1.807) is 31.2 Å². The lowest BCUT2D eigenvalue weighted by Crippen LogP contribution is -2.34. The van der Waals surface area contributed by atoms with Crippen LogP contribution in [0, 0.1) is 5.92 Å². The van der Waals surface area contributed by atoms with Gasteiger partial charge >= 0.3 is 5.97 Å². The van der Waals surface area contributed by atoms with Crippen molar-refractivity contribution in [2.75, 3.05) is 6.61 Å². The number of carbonyl (C=O) groups excluding carboxylic acids is 2. The van der Waals surface area contributed by atoms with Gasteiger partial charge in [-0.05, 0) is 45.4 Å². The van der Waals surface area contributed by atoms with Crippen LogP contribution >= 0.6 is 0 Å². The third kappa shape index (κ3) is 7.07. The Morgan fingerprint density at radius 2 is 1.72 bits per heavy atom. The number of Topliss-reactive ketones (excluding diaryl/α,β-unsaturated/α-hetero) is 1. The summed E-state index contributed by atoms with van der Waals surface area (Å²) in [6.45, 7) is 7.97. The quantitative estimate of drug-likeness (QED) is 0.228. The van der Waals surface area contributed by atoms with Gasteiger partial charge in [-0.3, -0.25) is 9.59 Å². The summed E-state index contributed by atoms with van der Waals surface area (Å²) in [7, 11) is 0. The molecular weight excluding hydrogens is 368 g/mol. The highest BCUT2D eigenvalue weighted by Crippen LogP contribution is 2.23. The zero-order valence-corrected chi connectivity index (χ0v) is 17.3. The maximum Gasteiger partial charge on any atom is 0.322 e. The molecule has 154 valence electrons. The number of carbonyl (C=O) groups is 2. The monoisotopic (exact) mass is 396 g/mol. The van der Waals surface area contributed by atoms with Crippen LogP contribution < -0.4 is 10.2 Å². The van der Waals surface area contributed by atoms with Crippen LogP contribution in [0.4, 0.5) is 0 Å². The SMILES string of the molecule is CCOC(=O)C(/C=N\NC(C)(C)C)C(=O)c1ccccc1OCc1ccccc1. The predicted molar refractivity (Wildman–Crippen MR) is 113 cm³/mol. The summed E-state index contributed by atoms with van der Waals surface area (Å²) in [5.74, 6) is -1.82. The molecule has 0 radical (unpaired) electrons. The molecule has 1 unspecified atom stereocenters. The number of hydrogen-bond donors (Lipinski definition) is 1. The van der Waals surface area contributed by atoms with Crippen LogP contribution in [0.25, 0.3) is 0 Å². The highest BCUT2D eigenvalue weighted by atomic mass is 16.5. The summed E-state index contributed by atoms with van der Waals surface area (Å²) in [5.41, 5.74) is 3.89. The Morgan fingerprint density at radius 1 is 1.07 bits per heavy atom. The molecule has 0 aliphatic carbocycles. The molecule has 29 heavy (non-hydrogen) atoms. The number of esters is 1. The fourth-order valence-electron chi connectivity index (χ4n) is 2.47. The van der Waals surface area contributed by atoms with Gasteiger partial charge in [0, 0.05) is 11.8 Å². The number of ether oxygens (including phenoxy) is 2. The van der Waals surface area contributed by atoms with E-state index in [2.05, 4.69) is 10.5 Å². The van der Waals surface area contributed by atoms with E-state index in [9.17, 15) is 9.59 Å². The van der Waals surface area contributed by atoms with E-state index in [0.717, 1.165) is 5.56 Å². The van der Waals surface area contributed by atoms with Crippen LogP contribution in [0.1, 0.15) is 43.6 Å². The summed E-state index contributed by atoms with van der Waals surface area (Å²) >= 11 is 0. The Morgan fingerprint density at radius 3 is 2.38 bits per heavy atom. The molecule has 2 aromatic carbocycles. The number of nitrogens with one attached hydrogen (secondary N) is 1. The minimum Gasteiger partial charge on any atom is -0.488 e. The molecule has 0 aliphatic heterocycles. The van der Waals surface area contributed by atoms with Crippen molar-refractivity contribution in [1.29, 1.82) is 0 Å². The predicted octanol–water partition coefficient (Wildman–Crippen LogP) is 4.00. The van der Waals surface area contributed by atoms with Crippen LogP contribution in [0.2, 0.25) is 0 Å². The molecule has 1 atom stereocenters. The Balaban J connectivity index is 2.24. The van der Waals surface area contributed by atoms with Crippen molar-refractivity contribution < 1.29 is 19.1 Å². The van der Waals surface area contributed by atoms with Gasteiger partial charge in [0.15, 0.2) is 11.7 Å². The molecule has 1 N–H and O–H groups in total. The van der Waals surface area contributed by atoms with Gasteiger partial charge in [-0.15, -0.1) is 0 Å². The topological polar surface area (TPSA) is 77.0 Å². The van der Waals surface area contributed by atoms with Crippen LogP contribution in [0.5, 0.6) is 5.75 Å². The molecule has 6 nitrogen and oxygen atoms in total. The lowest BCUT2D eigenvalue weighted by molar-refractivity contribution is -0.144. The third-order valence-corrected chi connectivity index (χ3v) is 3.84. The third-order valence-electron chi connectivity index (χ3n) is 3.84. The number of rotatable bonds is 9. The minimum absolute atomic E-state index is 0.176. The summed E-state index contributed by atoms with van der Waals surface area (Å²) < 4.78 is 10.9. The number of benzene rings is 2. The standard InChI is InChI=1S/C23H28N2O4/c1-5-28-22(27)19(15-24-25-23(2,3)4)21(26)18-13-9-10-14-20(18)29-16-17-11-7-6-8-12-17/h6-15,19,25H,5,16H2,1-4H3/b24-15-. The first-order valence-electron chi connectivity index (χ1n) is 9.59. The van der Waals surface area contributed by atoms with E-state index in [-0.39, 0.29) is 12.1 Å². The summed E-state index contributed by atoms with van der Waals surface area (Å²) in [5, 5.41) is 4.08. The maximum absolute atomic E-state index is 13.1. The molecule has 0 heterocycles. The van der Waals surface area contributed by atoms with E-state index in [1.807, 2.05) is 51.1 Å². The first kappa shape index (κ1) is 22.1. The van der Waals surface area contributed by atoms with Gasteiger partial charge in [-0.25, -0.2) is 0 Å². The first-order valence-corrected chi connectivity index (χ1v) is 9.59. The Hall–Kier alpha value is -3.15. The largest absolute Gasteiger partial charge is 0.488 e. The second-order valence-electron chi connectivity index (χ2n) is 7.50. The maximum atomic E-state index is 13.1. The number of para-hydroxylation sites is 1. The van der Waals surface area contributed by atoms with E-state index >= 15 is 0 Å². The number of nitrogens with zero attached hydrogens (tertiary/aromatic N) is 1. The van der Waals surface area contributed by atoms with Gasteiger partial charge in [0.25, 0.3) is 0 Å². The van der Waals surface area contributed by atoms with Gasteiger partial charge in [0.05, 0.1) is 12.2 Å². The Labute approximate surface area is 171 Å². The lowest BCUT2D eigenvalue weighted by Gasteiger charge is -2.18. The average Bonchev–Trinajstić information content (AvgIpc) is 2.69. The van der Waals surface area contributed by atoms with Gasteiger partial charge < -0.3 is 14.9 Å². The smallest absolute Gasteiger partial charge is 0.322 e. The number of hydrazone groups is 1. The summed E-state index contributed by atoms with van der Waals surface area (Å²) in [6.07, 6.45) is 1.29. The molecule has 0 aliphatic rings. The van der Waals surface area contributed by atoms with Gasteiger partial charge in [-0.1, -0.05) is 42.5 Å². The van der Waals surface area contributed by atoms with Gasteiger partial charge in [-0.2, -0.15) is 5.10 Å². The van der Waals surface area contributed by atoms with Crippen molar-refractivity contribution in [3.8, 4) is 5.75 Å².